The lowest BCUT2D eigenvalue weighted by molar-refractivity contribution is -0.383. The molecule has 2 rings (SSSR count). The average Bonchev–Trinajstić information content (AvgIpc) is 2.39. The van der Waals surface area contributed by atoms with E-state index in [0.29, 0.717) is 23.6 Å². The highest BCUT2D eigenvalue weighted by molar-refractivity contribution is 5.79. The van der Waals surface area contributed by atoms with Crippen LogP contribution in [0.25, 0.3) is 0 Å². The second-order valence-electron chi connectivity index (χ2n) is 4.12. The van der Waals surface area contributed by atoms with E-state index < -0.39 is 10.7 Å². The van der Waals surface area contributed by atoms with Crippen LogP contribution in [0.1, 0.15) is 6.92 Å². The number of anilines is 3. The Morgan fingerprint density at radius 3 is 2.55 bits per heavy atom. The van der Waals surface area contributed by atoms with E-state index in [1.165, 1.54) is 18.2 Å². The molecular formula is C14H14FN3O2. The van der Waals surface area contributed by atoms with Crippen LogP contribution >= 0.6 is 0 Å². The molecule has 6 heteroatoms. The van der Waals surface area contributed by atoms with Gasteiger partial charge in [0.1, 0.15) is 17.2 Å². The lowest BCUT2D eigenvalue weighted by Crippen LogP contribution is -2.04. The van der Waals surface area contributed by atoms with Gasteiger partial charge >= 0.3 is 5.69 Å². The standard InChI is InChI=1S/C14H14FN3O2/c1-2-16-12-7-4-8-13(14(12)18(19)20)17-11-6-3-5-10(15)9-11/h3-9,16-17H,2H2,1H3. The molecule has 2 aromatic rings. The highest BCUT2D eigenvalue weighted by atomic mass is 19.1. The number of hydrogen-bond acceptors (Lipinski definition) is 4. The van der Waals surface area contributed by atoms with Gasteiger partial charge in [0.2, 0.25) is 0 Å². The van der Waals surface area contributed by atoms with Crippen molar-refractivity contribution in [3.63, 3.8) is 0 Å². The summed E-state index contributed by atoms with van der Waals surface area (Å²) in [5, 5.41) is 17.0. The molecule has 0 aliphatic rings. The summed E-state index contributed by atoms with van der Waals surface area (Å²) in [4.78, 5) is 10.8. The molecule has 0 spiro atoms. The predicted molar refractivity (Wildman–Crippen MR) is 76.9 cm³/mol. The normalized spacial score (nSPS) is 10.1. The Balaban J connectivity index is 2.40. The summed E-state index contributed by atoms with van der Waals surface area (Å²) in [5.41, 5.74) is 1.15. The molecule has 0 aliphatic heterocycles. The SMILES string of the molecule is CCNc1cccc(Nc2cccc(F)c2)c1[N+](=O)[O-]. The maximum absolute atomic E-state index is 13.1. The number of nitro groups is 1. The molecule has 0 aromatic heterocycles. The Morgan fingerprint density at radius 1 is 1.20 bits per heavy atom. The quantitative estimate of drug-likeness (QED) is 0.641. The molecule has 2 N–H and O–H groups in total. The van der Waals surface area contributed by atoms with E-state index in [9.17, 15) is 14.5 Å². The molecule has 2 aromatic carbocycles. The summed E-state index contributed by atoms with van der Waals surface area (Å²) < 4.78 is 13.1. The van der Waals surface area contributed by atoms with Crippen molar-refractivity contribution in [2.24, 2.45) is 0 Å². The molecule has 0 aliphatic carbocycles. The topological polar surface area (TPSA) is 67.2 Å². The molecule has 20 heavy (non-hydrogen) atoms. The third-order valence-corrected chi connectivity index (χ3v) is 2.69. The van der Waals surface area contributed by atoms with Gasteiger partial charge in [0.15, 0.2) is 0 Å². The molecule has 0 atom stereocenters. The second-order valence-corrected chi connectivity index (χ2v) is 4.12. The maximum Gasteiger partial charge on any atom is 0.315 e. The van der Waals surface area contributed by atoms with Crippen LogP contribution in [-0.4, -0.2) is 11.5 Å². The minimum absolute atomic E-state index is 0.0568. The highest BCUT2D eigenvalue weighted by Crippen LogP contribution is 2.34. The lowest BCUT2D eigenvalue weighted by atomic mass is 10.2. The van der Waals surface area contributed by atoms with E-state index in [-0.39, 0.29) is 5.69 Å². The molecule has 0 heterocycles. The van der Waals surface area contributed by atoms with Crippen molar-refractivity contribution in [2.45, 2.75) is 6.92 Å². The third kappa shape index (κ3) is 3.03. The van der Waals surface area contributed by atoms with Gasteiger partial charge in [0, 0.05) is 12.2 Å². The van der Waals surface area contributed by atoms with Crippen LogP contribution in [-0.2, 0) is 0 Å². The first kappa shape index (κ1) is 13.8. The Morgan fingerprint density at radius 2 is 1.90 bits per heavy atom. The number of benzene rings is 2. The zero-order valence-electron chi connectivity index (χ0n) is 10.9. The molecule has 104 valence electrons. The molecular weight excluding hydrogens is 261 g/mol. The van der Waals surface area contributed by atoms with Crippen LogP contribution in [0.5, 0.6) is 0 Å². The second kappa shape index (κ2) is 6.01. The lowest BCUT2D eigenvalue weighted by Gasteiger charge is -2.10. The Kier molecular flexibility index (Phi) is 4.14. The first-order chi connectivity index (χ1) is 9.61. The van der Waals surface area contributed by atoms with Gasteiger partial charge in [-0.25, -0.2) is 4.39 Å². The number of halogens is 1. The number of para-hydroxylation sites is 1. The summed E-state index contributed by atoms with van der Waals surface area (Å²) in [6.45, 7) is 2.43. The molecule has 0 saturated carbocycles. The van der Waals surface area contributed by atoms with Crippen molar-refractivity contribution >= 4 is 22.7 Å². The van der Waals surface area contributed by atoms with Crippen LogP contribution in [0, 0.1) is 15.9 Å². The van der Waals surface area contributed by atoms with Gasteiger partial charge in [-0.2, -0.15) is 0 Å². The molecule has 0 fully saturated rings. The van der Waals surface area contributed by atoms with E-state index >= 15 is 0 Å². The fraction of sp³-hybridized carbons (Fsp3) is 0.143. The average molecular weight is 275 g/mol. The smallest absolute Gasteiger partial charge is 0.315 e. The molecule has 0 saturated heterocycles. The van der Waals surface area contributed by atoms with Gasteiger partial charge in [-0.1, -0.05) is 12.1 Å². The first-order valence-electron chi connectivity index (χ1n) is 6.15. The van der Waals surface area contributed by atoms with Crippen LogP contribution in [0.2, 0.25) is 0 Å². The Labute approximate surface area is 115 Å². The third-order valence-electron chi connectivity index (χ3n) is 2.69. The van der Waals surface area contributed by atoms with Crippen molar-refractivity contribution in [3.05, 3.63) is 58.4 Å². The van der Waals surface area contributed by atoms with Gasteiger partial charge in [-0.05, 0) is 37.3 Å². The van der Waals surface area contributed by atoms with Gasteiger partial charge < -0.3 is 10.6 Å². The van der Waals surface area contributed by atoms with Crippen molar-refractivity contribution in [3.8, 4) is 0 Å². The summed E-state index contributed by atoms with van der Waals surface area (Å²) >= 11 is 0. The Bertz CT molecular complexity index is 632. The molecule has 0 radical (unpaired) electrons. The number of hydrogen-bond donors (Lipinski definition) is 2. The minimum atomic E-state index is -0.459. The van der Waals surface area contributed by atoms with E-state index in [1.54, 1.807) is 24.3 Å². The van der Waals surface area contributed by atoms with Crippen LogP contribution in [0.15, 0.2) is 42.5 Å². The minimum Gasteiger partial charge on any atom is -0.380 e. The number of nitro benzene ring substituents is 1. The van der Waals surface area contributed by atoms with E-state index in [2.05, 4.69) is 10.6 Å². The van der Waals surface area contributed by atoms with Crippen LogP contribution in [0.3, 0.4) is 0 Å². The van der Waals surface area contributed by atoms with Crippen molar-refractivity contribution in [2.75, 3.05) is 17.2 Å². The fourth-order valence-electron chi connectivity index (χ4n) is 1.90. The zero-order chi connectivity index (χ0) is 14.5. The van der Waals surface area contributed by atoms with E-state index in [0.717, 1.165) is 0 Å². The monoisotopic (exact) mass is 275 g/mol. The molecule has 0 bridgehead atoms. The summed E-state index contributed by atoms with van der Waals surface area (Å²) in [6.07, 6.45) is 0. The van der Waals surface area contributed by atoms with Gasteiger partial charge in [-0.15, -0.1) is 0 Å². The molecule has 5 nitrogen and oxygen atoms in total. The summed E-state index contributed by atoms with van der Waals surface area (Å²) in [5.74, 6) is -0.402. The van der Waals surface area contributed by atoms with Crippen LogP contribution in [0.4, 0.5) is 27.1 Å². The Hall–Kier alpha value is -2.63. The van der Waals surface area contributed by atoms with Gasteiger partial charge in [-0.3, -0.25) is 10.1 Å². The van der Waals surface area contributed by atoms with Crippen molar-refractivity contribution in [1.29, 1.82) is 0 Å². The number of nitrogens with zero attached hydrogens (tertiary/aromatic N) is 1. The van der Waals surface area contributed by atoms with Crippen LogP contribution < -0.4 is 10.6 Å². The summed E-state index contributed by atoms with van der Waals surface area (Å²) in [7, 11) is 0. The predicted octanol–water partition coefficient (Wildman–Crippen LogP) is 3.91. The molecule has 0 amide bonds. The van der Waals surface area contributed by atoms with Gasteiger partial charge in [0.05, 0.1) is 4.92 Å². The summed E-state index contributed by atoms with van der Waals surface area (Å²) in [6, 6.07) is 10.7. The highest BCUT2D eigenvalue weighted by Gasteiger charge is 2.19. The molecule has 0 unspecified atom stereocenters. The number of rotatable bonds is 5. The van der Waals surface area contributed by atoms with Crippen molar-refractivity contribution < 1.29 is 9.31 Å². The fourth-order valence-corrected chi connectivity index (χ4v) is 1.90. The largest absolute Gasteiger partial charge is 0.380 e. The number of nitrogens with one attached hydrogen (secondary N) is 2. The zero-order valence-corrected chi connectivity index (χ0v) is 10.9. The first-order valence-corrected chi connectivity index (χ1v) is 6.15. The van der Waals surface area contributed by atoms with Crippen molar-refractivity contribution in [1.82, 2.24) is 0 Å². The van der Waals surface area contributed by atoms with Gasteiger partial charge in [0.25, 0.3) is 0 Å². The maximum atomic E-state index is 13.1. The van der Waals surface area contributed by atoms with E-state index in [1.807, 2.05) is 6.92 Å². The van der Waals surface area contributed by atoms with E-state index in [4.69, 9.17) is 0 Å².